The Morgan fingerprint density at radius 2 is 0.960 bits per heavy atom. The van der Waals surface area contributed by atoms with Crippen LogP contribution >= 0.6 is 0 Å². The normalized spacial score (nSPS) is 18.3. The second-order valence-corrected chi connectivity index (χ2v) is 58.4. The quantitative estimate of drug-likeness (QED) is 0.150. The molecule has 0 heterocycles. The zero-order valence-electron chi connectivity index (χ0n) is 31.7. The van der Waals surface area contributed by atoms with Crippen LogP contribution in [-0.4, -0.2) is 3.76 Å². The Labute approximate surface area is 299 Å². The van der Waals surface area contributed by atoms with Crippen molar-refractivity contribution in [1.29, 1.82) is 0 Å². The molecule has 50 heavy (non-hydrogen) atoms. The monoisotopic (exact) mass is 823 g/mol. The van der Waals surface area contributed by atoms with Crippen molar-refractivity contribution in [2.45, 2.75) is 80.2 Å². The van der Waals surface area contributed by atoms with Gasteiger partial charge < -0.3 is 0 Å². The first kappa shape index (κ1) is 34.8. The number of allylic oxidation sites excluding steroid dienone is 2. The van der Waals surface area contributed by atoms with Crippen LogP contribution in [0.1, 0.15) is 87.8 Å². The molecule has 5 aromatic carbocycles. The molecule has 0 radical (unpaired) electrons. The Bertz CT molecular complexity index is 2130. The molecule has 0 saturated carbocycles. The Kier molecular flexibility index (Phi) is 8.12. The van der Waals surface area contributed by atoms with Gasteiger partial charge in [0.1, 0.15) is 0 Å². The fraction of sp³-hybridized carbons (Fsp3) is 0.286. The van der Waals surface area contributed by atoms with E-state index in [4.69, 9.17) is 0 Å². The third-order valence-corrected chi connectivity index (χ3v) is 41.6. The van der Waals surface area contributed by atoms with Gasteiger partial charge in [-0.25, -0.2) is 0 Å². The average Bonchev–Trinajstić information content (AvgIpc) is 3.74. The number of hydrogen-bond acceptors (Lipinski definition) is 0. The number of rotatable bonds is 6. The minimum absolute atomic E-state index is 0.101. The van der Waals surface area contributed by atoms with Crippen LogP contribution < -0.4 is 0 Å². The first-order valence-electron chi connectivity index (χ1n) is 18.7. The molecule has 1 heteroatoms. The van der Waals surface area contributed by atoms with Crippen LogP contribution in [0.15, 0.2) is 127 Å². The summed E-state index contributed by atoms with van der Waals surface area (Å²) in [5.74, 6) is 0. The van der Waals surface area contributed by atoms with E-state index in [2.05, 4.69) is 199 Å². The number of fused-ring (bicyclic) bond motifs is 2. The molecule has 2 aliphatic rings. The van der Waals surface area contributed by atoms with Crippen molar-refractivity contribution in [2.24, 2.45) is 0 Å². The van der Waals surface area contributed by atoms with Gasteiger partial charge in [0.15, 0.2) is 0 Å². The Morgan fingerprint density at radius 1 is 0.520 bits per heavy atom. The summed E-state index contributed by atoms with van der Waals surface area (Å²) in [7, 11) is 0. The third kappa shape index (κ3) is 5.94. The molecular formula is C49H55Hf. The van der Waals surface area contributed by atoms with Gasteiger partial charge in [0, 0.05) is 0 Å². The Morgan fingerprint density at radius 3 is 1.40 bits per heavy atom. The molecule has 0 bridgehead atoms. The van der Waals surface area contributed by atoms with Crippen LogP contribution in [0, 0.1) is 0 Å². The Balaban J connectivity index is 1.41. The van der Waals surface area contributed by atoms with Gasteiger partial charge in [-0.05, 0) is 0 Å². The van der Waals surface area contributed by atoms with E-state index in [1.165, 1.54) is 61.2 Å². The van der Waals surface area contributed by atoms with Crippen LogP contribution in [-0.2, 0) is 33.8 Å². The molecule has 2 unspecified atom stereocenters. The van der Waals surface area contributed by atoms with Gasteiger partial charge in [0.25, 0.3) is 0 Å². The summed E-state index contributed by atoms with van der Waals surface area (Å²) >= 11 is -4.74. The van der Waals surface area contributed by atoms with Crippen molar-refractivity contribution >= 4 is 15.9 Å². The molecule has 0 saturated heterocycles. The molecule has 0 aliphatic heterocycles. The van der Waals surface area contributed by atoms with E-state index in [-0.39, 0.29) is 10.8 Å². The topological polar surface area (TPSA) is 0 Å². The van der Waals surface area contributed by atoms with Crippen molar-refractivity contribution in [2.75, 3.05) is 0 Å². The zero-order chi connectivity index (χ0) is 35.6. The Hall–Kier alpha value is -3.68. The molecule has 0 spiro atoms. The van der Waals surface area contributed by atoms with Gasteiger partial charge in [-0.2, -0.15) is 0 Å². The van der Waals surface area contributed by atoms with Crippen LogP contribution in [0.3, 0.4) is 0 Å². The standard InChI is InChI=1S/2C19H19.C8H8.3CH3.Hf/c2*1-19(2,3)16-10-4-9-15(13-16)18-12-6-8-14-7-5-11-17(14)18;1-2-8-6-4-3-5-7-8;;;;/h2*4-13H,1-3H3;1,3-7H,2H2;3*1H3;. The molecule has 5 aromatic rings. The maximum absolute atomic E-state index is 4.74. The molecule has 2 aliphatic carbocycles. The number of benzene rings is 5. The van der Waals surface area contributed by atoms with E-state index in [0.29, 0.717) is 7.35 Å². The molecule has 0 nitrogen and oxygen atoms in total. The SMILES string of the molecule is CC(C)(C)c1cccc(-c2cccc3c2C=C[CH]3[Hf]([CH3])([CH3])([CH3])(=[CH]Cc2ccccc2)[CH]2C=Cc3c(-c4cccc(C(C)(C)C)c4)cccc32)c1. The minimum atomic E-state index is -4.74. The molecule has 0 amide bonds. The summed E-state index contributed by atoms with van der Waals surface area (Å²) < 4.78 is 11.8. The van der Waals surface area contributed by atoms with Crippen molar-refractivity contribution in [3.05, 3.63) is 166 Å². The van der Waals surface area contributed by atoms with Crippen molar-refractivity contribution < 1.29 is 16.5 Å². The van der Waals surface area contributed by atoms with E-state index in [9.17, 15) is 0 Å². The second-order valence-electron chi connectivity index (χ2n) is 19.4. The van der Waals surface area contributed by atoms with Gasteiger partial charge in [0.05, 0.1) is 0 Å². The summed E-state index contributed by atoms with van der Waals surface area (Å²) in [6.07, 6.45) is 11.1. The molecular weight excluding hydrogens is 767 g/mol. The summed E-state index contributed by atoms with van der Waals surface area (Å²) in [4.78, 5) is 0. The van der Waals surface area contributed by atoms with E-state index in [0.717, 1.165) is 6.42 Å². The first-order chi connectivity index (χ1) is 23.5. The molecule has 255 valence electrons. The molecule has 0 fully saturated rings. The van der Waals surface area contributed by atoms with Gasteiger partial charge in [0.2, 0.25) is 0 Å². The van der Waals surface area contributed by atoms with Gasteiger partial charge in [-0.1, -0.05) is 0 Å². The van der Waals surface area contributed by atoms with Crippen molar-refractivity contribution in [3.63, 3.8) is 0 Å². The van der Waals surface area contributed by atoms with E-state index < -0.39 is 16.5 Å². The van der Waals surface area contributed by atoms with Crippen molar-refractivity contribution in [3.8, 4) is 22.3 Å². The van der Waals surface area contributed by atoms with Gasteiger partial charge >= 0.3 is 301 Å². The molecule has 0 aromatic heterocycles. The van der Waals surface area contributed by atoms with Crippen LogP contribution in [0.5, 0.6) is 0 Å². The predicted molar refractivity (Wildman–Crippen MR) is 219 cm³/mol. The first-order valence-corrected chi connectivity index (χ1v) is 35.7. The third-order valence-electron chi connectivity index (χ3n) is 12.6. The fourth-order valence-electron chi connectivity index (χ4n) is 9.18. The summed E-state index contributed by atoms with van der Waals surface area (Å²) in [6.45, 7) is 13.8. The fourth-order valence-corrected chi connectivity index (χ4v) is 33.8. The van der Waals surface area contributed by atoms with Crippen molar-refractivity contribution in [1.82, 2.24) is 0 Å². The van der Waals surface area contributed by atoms with E-state index >= 15 is 0 Å². The van der Waals surface area contributed by atoms with Gasteiger partial charge in [-0.15, -0.1) is 0 Å². The average molecular weight is 822 g/mol. The molecule has 7 rings (SSSR count). The second kappa shape index (κ2) is 11.7. The van der Waals surface area contributed by atoms with Crippen LogP contribution in [0.2, 0.25) is 14.0 Å². The predicted octanol–water partition coefficient (Wildman–Crippen LogP) is 13.9. The molecule has 0 N–H and O–H groups in total. The summed E-state index contributed by atoms with van der Waals surface area (Å²) in [5, 5.41) is 0. The van der Waals surface area contributed by atoms with Gasteiger partial charge in [-0.3, -0.25) is 0 Å². The summed E-state index contributed by atoms with van der Waals surface area (Å²) in [6, 6.07) is 43.7. The zero-order valence-corrected chi connectivity index (χ0v) is 35.3. The number of hydrogen-bond donors (Lipinski definition) is 0. The van der Waals surface area contributed by atoms with E-state index in [1.807, 2.05) is 0 Å². The summed E-state index contributed by atoms with van der Waals surface area (Å²) in [5.41, 5.74) is 15.5. The van der Waals surface area contributed by atoms with E-state index in [1.54, 1.807) is 0 Å². The molecule has 2 atom stereocenters. The van der Waals surface area contributed by atoms with Crippen LogP contribution in [0.4, 0.5) is 0 Å². The van der Waals surface area contributed by atoms with Crippen LogP contribution in [0.25, 0.3) is 34.4 Å². The maximum atomic E-state index is 2.87.